The van der Waals surface area contributed by atoms with Crippen molar-refractivity contribution in [2.24, 2.45) is 17.8 Å². The molecule has 0 aliphatic carbocycles. The third kappa shape index (κ3) is 13.0. The van der Waals surface area contributed by atoms with E-state index in [9.17, 15) is 40.2 Å². The van der Waals surface area contributed by atoms with E-state index in [1.54, 1.807) is 45.9 Å². The van der Waals surface area contributed by atoms with E-state index in [0.717, 1.165) is 11.6 Å². The summed E-state index contributed by atoms with van der Waals surface area (Å²) in [5.41, 5.74) is 2.08. The Kier molecular flexibility index (Phi) is 15.9. The van der Waals surface area contributed by atoms with Gasteiger partial charge in [0.2, 0.25) is 0 Å². The van der Waals surface area contributed by atoms with Crippen LogP contribution in [0.5, 0.6) is 0 Å². The molecule has 0 aromatic carbocycles. The highest BCUT2D eigenvalue weighted by Crippen LogP contribution is 2.23. The van der Waals surface area contributed by atoms with Gasteiger partial charge in [-0.3, -0.25) is 4.79 Å². The van der Waals surface area contributed by atoms with E-state index in [-0.39, 0.29) is 18.3 Å². The summed E-state index contributed by atoms with van der Waals surface area (Å²) in [6, 6.07) is 0. The smallest absolute Gasteiger partial charge is 0.335 e. The molecule has 0 aliphatic rings. The van der Waals surface area contributed by atoms with E-state index in [2.05, 4.69) is 0 Å². The molecule has 8 atom stereocenters. The molecule has 0 saturated heterocycles. The van der Waals surface area contributed by atoms with E-state index in [4.69, 9.17) is 5.11 Å². The molecule has 0 aromatic rings. The lowest BCUT2D eigenvalue weighted by atomic mass is 9.89. The van der Waals surface area contributed by atoms with Gasteiger partial charge in [-0.25, -0.2) is 4.79 Å². The van der Waals surface area contributed by atoms with Crippen molar-refractivity contribution in [3.63, 3.8) is 0 Å². The summed E-state index contributed by atoms with van der Waals surface area (Å²) in [5.74, 6) is -4.03. The van der Waals surface area contributed by atoms with Crippen LogP contribution < -0.4 is 0 Å². The van der Waals surface area contributed by atoms with Gasteiger partial charge in [-0.2, -0.15) is 0 Å². The molecule has 9 heteroatoms. The highest BCUT2D eigenvalue weighted by Gasteiger charge is 2.22. The van der Waals surface area contributed by atoms with Crippen LogP contribution in [-0.2, 0) is 9.59 Å². The number of aliphatic hydroxyl groups excluding tert-OH is 5. The van der Waals surface area contributed by atoms with E-state index in [1.165, 1.54) is 12.2 Å². The molecule has 0 saturated carbocycles. The molecule has 210 valence electrons. The van der Waals surface area contributed by atoms with Gasteiger partial charge in [0, 0.05) is 11.8 Å². The number of carboxylic acids is 2. The zero-order chi connectivity index (χ0) is 28.9. The van der Waals surface area contributed by atoms with Crippen molar-refractivity contribution in [3.05, 3.63) is 59.3 Å². The van der Waals surface area contributed by atoms with Crippen LogP contribution in [0.15, 0.2) is 59.3 Å². The maximum absolute atomic E-state index is 11.6. The number of allylic oxidation sites excluding steroid dienone is 2. The van der Waals surface area contributed by atoms with Gasteiger partial charge < -0.3 is 35.7 Å². The monoisotopic (exact) mass is 524 g/mol. The van der Waals surface area contributed by atoms with Gasteiger partial charge in [0.25, 0.3) is 0 Å². The highest BCUT2D eigenvalue weighted by molar-refractivity contribution is 5.73. The van der Waals surface area contributed by atoms with Crippen LogP contribution in [0.2, 0.25) is 0 Å². The molecule has 9 nitrogen and oxygen atoms in total. The number of carbonyl (C=O) groups is 2. The van der Waals surface area contributed by atoms with Gasteiger partial charge >= 0.3 is 11.9 Å². The van der Waals surface area contributed by atoms with Gasteiger partial charge in [-0.1, -0.05) is 62.0 Å². The lowest BCUT2D eigenvalue weighted by Gasteiger charge is -2.22. The number of hydrogen-bond donors (Lipinski definition) is 7. The number of carboxylic acid groups (broad SMARTS) is 2. The quantitative estimate of drug-likeness (QED) is 0.150. The van der Waals surface area contributed by atoms with Gasteiger partial charge in [0.05, 0.1) is 24.2 Å². The first-order valence-corrected chi connectivity index (χ1v) is 12.3. The molecule has 0 bridgehead atoms. The van der Waals surface area contributed by atoms with Gasteiger partial charge in [-0.05, 0) is 51.7 Å². The van der Waals surface area contributed by atoms with Crippen LogP contribution in [0.4, 0.5) is 0 Å². The average Bonchev–Trinajstić information content (AvgIpc) is 2.84. The zero-order valence-corrected chi connectivity index (χ0v) is 22.5. The summed E-state index contributed by atoms with van der Waals surface area (Å²) in [5, 5.41) is 68.3. The molecule has 8 unspecified atom stereocenters. The fourth-order valence-corrected chi connectivity index (χ4v) is 3.63. The molecule has 0 radical (unpaired) electrons. The van der Waals surface area contributed by atoms with E-state index >= 15 is 0 Å². The first kappa shape index (κ1) is 34.4. The fraction of sp³-hybridized carbons (Fsp3) is 0.571. The lowest BCUT2D eigenvalue weighted by Crippen LogP contribution is -2.32. The molecular formula is C28H44O9. The molecule has 0 rings (SSSR count). The van der Waals surface area contributed by atoms with E-state index in [1.807, 2.05) is 19.9 Å². The summed E-state index contributed by atoms with van der Waals surface area (Å²) >= 11 is 0. The number of hydrogen-bond acceptors (Lipinski definition) is 7. The van der Waals surface area contributed by atoms with Crippen LogP contribution in [0.1, 0.15) is 54.4 Å². The SMILES string of the molecule is C/C=C(\C)CC(/C=C(\C)C(O)C(C)/C=C(\C)C(O)C(C)/C=C/C(O)C/C=C/C(O)C(O)C(=O)O)C(=O)O. The predicted molar refractivity (Wildman–Crippen MR) is 142 cm³/mol. The zero-order valence-electron chi connectivity index (χ0n) is 22.5. The normalized spacial score (nSPS) is 20.4. The van der Waals surface area contributed by atoms with Gasteiger partial charge in [-0.15, -0.1) is 0 Å². The average molecular weight is 525 g/mol. The minimum atomic E-state index is -1.95. The van der Waals surface area contributed by atoms with Crippen LogP contribution in [0.25, 0.3) is 0 Å². The van der Waals surface area contributed by atoms with E-state index < -0.39 is 48.4 Å². The third-order valence-corrected chi connectivity index (χ3v) is 6.20. The van der Waals surface area contributed by atoms with Crippen molar-refractivity contribution in [3.8, 4) is 0 Å². The summed E-state index contributed by atoms with van der Waals surface area (Å²) in [6.45, 7) is 10.6. The van der Waals surface area contributed by atoms with Crippen molar-refractivity contribution in [2.75, 3.05) is 0 Å². The van der Waals surface area contributed by atoms with E-state index in [0.29, 0.717) is 17.6 Å². The number of aliphatic hydroxyl groups is 5. The summed E-state index contributed by atoms with van der Waals surface area (Å²) in [6.07, 6.45) is 4.80. The Labute approximate surface area is 219 Å². The Morgan fingerprint density at radius 2 is 1.27 bits per heavy atom. The van der Waals surface area contributed by atoms with Crippen molar-refractivity contribution in [2.45, 2.75) is 84.9 Å². The van der Waals surface area contributed by atoms with Crippen LogP contribution >= 0.6 is 0 Å². The molecule has 0 fully saturated rings. The maximum Gasteiger partial charge on any atom is 0.335 e. The molecule has 0 aromatic heterocycles. The summed E-state index contributed by atoms with van der Waals surface area (Å²) in [4.78, 5) is 22.2. The first-order chi connectivity index (χ1) is 17.1. The van der Waals surface area contributed by atoms with Gasteiger partial charge in [0.15, 0.2) is 6.10 Å². The Balaban J connectivity index is 5.15. The van der Waals surface area contributed by atoms with Crippen molar-refractivity contribution in [1.29, 1.82) is 0 Å². The highest BCUT2D eigenvalue weighted by atomic mass is 16.4. The Bertz CT molecular complexity index is 884. The van der Waals surface area contributed by atoms with Crippen molar-refractivity contribution in [1.82, 2.24) is 0 Å². The van der Waals surface area contributed by atoms with Crippen LogP contribution in [0.3, 0.4) is 0 Å². The second-order valence-corrected chi connectivity index (χ2v) is 9.60. The topological polar surface area (TPSA) is 176 Å². The van der Waals surface area contributed by atoms with Gasteiger partial charge in [0.1, 0.15) is 6.10 Å². The Morgan fingerprint density at radius 3 is 1.78 bits per heavy atom. The molecule has 37 heavy (non-hydrogen) atoms. The van der Waals surface area contributed by atoms with Crippen LogP contribution in [-0.4, -0.2) is 78.2 Å². The molecule has 0 heterocycles. The Morgan fingerprint density at radius 1 is 0.730 bits per heavy atom. The molecule has 0 spiro atoms. The van der Waals surface area contributed by atoms with Crippen molar-refractivity contribution >= 4 is 11.9 Å². The molecule has 0 aliphatic heterocycles. The Hall–Kier alpha value is -2.56. The lowest BCUT2D eigenvalue weighted by molar-refractivity contribution is -0.151. The third-order valence-electron chi connectivity index (χ3n) is 6.20. The fourth-order valence-electron chi connectivity index (χ4n) is 3.63. The number of rotatable bonds is 16. The molecular weight excluding hydrogens is 480 g/mol. The van der Waals surface area contributed by atoms with Crippen LogP contribution in [0, 0.1) is 17.8 Å². The minimum Gasteiger partial charge on any atom is -0.481 e. The second kappa shape index (κ2) is 17.0. The summed E-state index contributed by atoms with van der Waals surface area (Å²) < 4.78 is 0. The number of aliphatic carboxylic acids is 2. The predicted octanol–water partition coefficient (Wildman–Crippen LogP) is 2.60. The maximum atomic E-state index is 11.6. The molecule has 0 amide bonds. The summed E-state index contributed by atoms with van der Waals surface area (Å²) in [7, 11) is 0. The standard InChI is InChI=1S/C28H44O9/c1-7-16(2)13-21(27(34)35)15-20(6)25(32)19(5)14-18(4)24(31)17(3)11-12-22(29)9-8-10-23(30)26(33)28(36)37/h7-8,10-12,14-15,17,19,21-26,29-33H,9,13H2,1-6H3,(H,34,35)(H,36,37)/b10-8+,12-11+,16-7+,18-14+,20-15+. The first-order valence-electron chi connectivity index (χ1n) is 12.3. The minimum absolute atomic E-state index is 0.0667. The second-order valence-electron chi connectivity index (χ2n) is 9.60. The molecule has 7 N–H and O–H groups in total. The largest absolute Gasteiger partial charge is 0.481 e. The van der Waals surface area contributed by atoms with Crippen molar-refractivity contribution < 1.29 is 45.3 Å².